The van der Waals surface area contributed by atoms with Crippen LogP contribution in [0.15, 0.2) is 23.8 Å². The maximum absolute atomic E-state index is 11.3. The highest BCUT2D eigenvalue weighted by atomic mass is 16.1. The fraction of sp³-hybridized carbons (Fsp3) is 0.545. The summed E-state index contributed by atoms with van der Waals surface area (Å²) in [6.45, 7) is 3.85. The summed E-state index contributed by atoms with van der Waals surface area (Å²) in [5.74, 6) is 0.0246. The molecule has 0 bridgehead atoms. The van der Waals surface area contributed by atoms with Gasteiger partial charge >= 0.3 is 0 Å². The zero-order valence-corrected chi connectivity index (χ0v) is 8.34. The lowest BCUT2D eigenvalue weighted by molar-refractivity contribution is -0.117. The number of carbonyl (C=O) groups is 1. The van der Waals surface area contributed by atoms with Gasteiger partial charge in [0.15, 0.2) is 0 Å². The van der Waals surface area contributed by atoms with E-state index >= 15 is 0 Å². The summed E-state index contributed by atoms with van der Waals surface area (Å²) in [5.41, 5.74) is 1.04. The summed E-state index contributed by atoms with van der Waals surface area (Å²) in [4.78, 5) is 11.3. The Labute approximate surface area is 79.7 Å². The number of amides is 1. The minimum Gasteiger partial charge on any atom is -0.346 e. The highest BCUT2D eigenvalue weighted by Gasteiger charge is 2.09. The summed E-state index contributed by atoms with van der Waals surface area (Å²) in [6, 6.07) is 0.247. The van der Waals surface area contributed by atoms with Crippen molar-refractivity contribution in [1.29, 1.82) is 0 Å². The van der Waals surface area contributed by atoms with E-state index in [9.17, 15) is 4.79 Å². The molecule has 0 radical (unpaired) electrons. The molecule has 0 aromatic heterocycles. The average Bonchev–Trinajstić information content (AvgIpc) is 2.04. The summed E-state index contributed by atoms with van der Waals surface area (Å²) < 4.78 is 0. The lowest BCUT2D eigenvalue weighted by Crippen LogP contribution is -2.33. The molecule has 0 aromatic rings. The number of nitrogens with one attached hydrogen (secondary N) is 1. The Morgan fingerprint density at radius 2 is 2.31 bits per heavy atom. The second-order valence-electron chi connectivity index (χ2n) is 3.70. The van der Waals surface area contributed by atoms with Crippen molar-refractivity contribution in [3.63, 3.8) is 0 Å². The normalized spacial score (nSPS) is 20.9. The van der Waals surface area contributed by atoms with E-state index in [-0.39, 0.29) is 11.9 Å². The van der Waals surface area contributed by atoms with Gasteiger partial charge in [-0.05, 0) is 33.1 Å². The lowest BCUT2D eigenvalue weighted by atomic mass is 10.0. The third-order valence-electron chi connectivity index (χ3n) is 2.00. The maximum Gasteiger partial charge on any atom is 0.244 e. The monoisotopic (exact) mass is 179 g/mol. The first-order chi connectivity index (χ1) is 6.18. The number of rotatable bonds is 2. The molecule has 1 amide bonds. The van der Waals surface area contributed by atoms with Crippen molar-refractivity contribution in [2.75, 3.05) is 0 Å². The number of hydrogen-bond donors (Lipinski definition) is 1. The second kappa shape index (κ2) is 4.85. The smallest absolute Gasteiger partial charge is 0.244 e. The molecule has 72 valence electrons. The Morgan fingerprint density at radius 3 is 2.85 bits per heavy atom. The van der Waals surface area contributed by atoms with Gasteiger partial charge in [0, 0.05) is 12.1 Å². The molecule has 0 aliphatic heterocycles. The molecule has 2 heteroatoms. The van der Waals surface area contributed by atoms with Crippen LogP contribution in [0.25, 0.3) is 0 Å². The van der Waals surface area contributed by atoms with E-state index in [1.165, 1.54) is 6.42 Å². The van der Waals surface area contributed by atoms with Crippen LogP contribution in [0.5, 0.6) is 0 Å². The zero-order chi connectivity index (χ0) is 9.68. The SMILES string of the molecule is CC(C)=CC(=O)NC1C=CCCC1. The van der Waals surface area contributed by atoms with Gasteiger partial charge in [0.25, 0.3) is 0 Å². The number of hydrogen-bond acceptors (Lipinski definition) is 1. The Hall–Kier alpha value is -1.05. The van der Waals surface area contributed by atoms with Gasteiger partial charge in [-0.3, -0.25) is 4.79 Å². The van der Waals surface area contributed by atoms with Crippen molar-refractivity contribution < 1.29 is 4.79 Å². The van der Waals surface area contributed by atoms with E-state index < -0.39 is 0 Å². The van der Waals surface area contributed by atoms with Crippen LogP contribution in [0.2, 0.25) is 0 Å². The Morgan fingerprint density at radius 1 is 1.54 bits per heavy atom. The molecule has 1 rings (SSSR count). The topological polar surface area (TPSA) is 29.1 Å². The van der Waals surface area contributed by atoms with Crippen LogP contribution in [-0.2, 0) is 4.79 Å². The van der Waals surface area contributed by atoms with Gasteiger partial charge in [-0.1, -0.05) is 17.7 Å². The van der Waals surface area contributed by atoms with Crippen molar-refractivity contribution in [2.24, 2.45) is 0 Å². The van der Waals surface area contributed by atoms with E-state index in [0.717, 1.165) is 18.4 Å². The van der Waals surface area contributed by atoms with E-state index in [1.807, 2.05) is 13.8 Å². The van der Waals surface area contributed by atoms with Crippen LogP contribution in [-0.4, -0.2) is 11.9 Å². The Bertz CT molecular complexity index is 236. The van der Waals surface area contributed by atoms with Crippen molar-refractivity contribution in [2.45, 2.75) is 39.2 Å². The average molecular weight is 179 g/mol. The lowest BCUT2D eigenvalue weighted by Gasteiger charge is -2.16. The molecule has 1 unspecified atom stereocenters. The van der Waals surface area contributed by atoms with Gasteiger partial charge in [-0.25, -0.2) is 0 Å². The second-order valence-corrected chi connectivity index (χ2v) is 3.70. The van der Waals surface area contributed by atoms with Crippen molar-refractivity contribution in [3.8, 4) is 0 Å². The summed E-state index contributed by atoms with van der Waals surface area (Å²) >= 11 is 0. The molecule has 1 atom stereocenters. The van der Waals surface area contributed by atoms with Gasteiger partial charge in [0.2, 0.25) is 5.91 Å². The molecule has 0 aromatic carbocycles. The molecule has 0 spiro atoms. The minimum absolute atomic E-state index is 0.0246. The molecule has 1 aliphatic rings. The number of allylic oxidation sites excluding steroid dienone is 2. The van der Waals surface area contributed by atoms with Gasteiger partial charge < -0.3 is 5.32 Å². The molecular weight excluding hydrogens is 162 g/mol. The number of carbonyl (C=O) groups excluding carboxylic acids is 1. The van der Waals surface area contributed by atoms with Gasteiger partial charge in [0.05, 0.1) is 0 Å². The van der Waals surface area contributed by atoms with E-state index in [1.54, 1.807) is 6.08 Å². The zero-order valence-electron chi connectivity index (χ0n) is 8.34. The Balaban J connectivity index is 2.39. The van der Waals surface area contributed by atoms with Crippen LogP contribution in [0.3, 0.4) is 0 Å². The van der Waals surface area contributed by atoms with E-state index in [0.29, 0.717) is 0 Å². The van der Waals surface area contributed by atoms with E-state index in [4.69, 9.17) is 0 Å². The molecule has 0 saturated carbocycles. The molecule has 1 N–H and O–H groups in total. The third kappa shape index (κ3) is 3.92. The fourth-order valence-electron chi connectivity index (χ4n) is 1.42. The van der Waals surface area contributed by atoms with Crippen LogP contribution in [0.4, 0.5) is 0 Å². The van der Waals surface area contributed by atoms with Crippen LogP contribution in [0.1, 0.15) is 33.1 Å². The third-order valence-corrected chi connectivity index (χ3v) is 2.00. The summed E-state index contributed by atoms with van der Waals surface area (Å²) in [5, 5.41) is 2.95. The molecule has 0 saturated heterocycles. The summed E-state index contributed by atoms with van der Waals surface area (Å²) in [7, 11) is 0. The van der Waals surface area contributed by atoms with Crippen LogP contribution in [0, 0.1) is 0 Å². The first-order valence-electron chi connectivity index (χ1n) is 4.80. The van der Waals surface area contributed by atoms with Crippen molar-refractivity contribution in [3.05, 3.63) is 23.8 Å². The van der Waals surface area contributed by atoms with Crippen molar-refractivity contribution in [1.82, 2.24) is 5.32 Å². The van der Waals surface area contributed by atoms with Gasteiger partial charge in [0.1, 0.15) is 0 Å². The van der Waals surface area contributed by atoms with Crippen LogP contribution >= 0.6 is 0 Å². The largest absolute Gasteiger partial charge is 0.346 e. The molecule has 2 nitrogen and oxygen atoms in total. The van der Waals surface area contributed by atoms with Gasteiger partial charge in [-0.15, -0.1) is 0 Å². The fourth-order valence-corrected chi connectivity index (χ4v) is 1.42. The van der Waals surface area contributed by atoms with Gasteiger partial charge in [-0.2, -0.15) is 0 Å². The van der Waals surface area contributed by atoms with E-state index in [2.05, 4.69) is 17.5 Å². The van der Waals surface area contributed by atoms with Crippen molar-refractivity contribution >= 4 is 5.91 Å². The standard InChI is InChI=1S/C11H17NO/c1-9(2)8-11(13)12-10-6-4-3-5-7-10/h4,6,8,10H,3,5,7H2,1-2H3,(H,12,13). The quantitative estimate of drug-likeness (QED) is 0.511. The summed E-state index contributed by atoms with van der Waals surface area (Å²) in [6.07, 6.45) is 9.25. The molecular formula is C11H17NO. The molecule has 1 aliphatic carbocycles. The maximum atomic E-state index is 11.3. The minimum atomic E-state index is 0.0246. The molecule has 0 heterocycles. The van der Waals surface area contributed by atoms with Crippen LogP contribution < -0.4 is 5.32 Å². The predicted molar refractivity (Wildman–Crippen MR) is 54.4 cm³/mol. The Kier molecular flexibility index (Phi) is 3.74. The first kappa shape index (κ1) is 10.0. The first-order valence-corrected chi connectivity index (χ1v) is 4.80. The molecule has 13 heavy (non-hydrogen) atoms. The molecule has 0 fully saturated rings. The highest BCUT2D eigenvalue weighted by Crippen LogP contribution is 2.09. The predicted octanol–water partition coefficient (Wildman–Crippen LogP) is 2.18. The highest BCUT2D eigenvalue weighted by molar-refractivity contribution is 5.88.